The molecule has 0 saturated heterocycles. The fourth-order valence-electron chi connectivity index (χ4n) is 3.11. The summed E-state index contributed by atoms with van der Waals surface area (Å²) < 4.78 is 6.47. The first-order chi connectivity index (χ1) is 11.5. The third-order valence-corrected chi connectivity index (χ3v) is 5.35. The van der Waals surface area contributed by atoms with E-state index >= 15 is 0 Å². The number of carbonyl (C=O) groups excluding carboxylic acids is 1. The zero-order chi connectivity index (χ0) is 17.3. The van der Waals surface area contributed by atoms with Crippen molar-refractivity contribution < 1.29 is 19.4 Å². The summed E-state index contributed by atoms with van der Waals surface area (Å²) in [6.07, 6.45) is 3.58. The van der Waals surface area contributed by atoms with E-state index < -0.39 is 11.9 Å². The largest absolute Gasteiger partial charge is 0.481 e. The summed E-state index contributed by atoms with van der Waals surface area (Å²) in [5, 5.41) is 9.26. The third-order valence-electron chi connectivity index (χ3n) is 4.18. The minimum Gasteiger partial charge on any atom is -0.481 e. The number of nitrogens with zero attached hydrogens (tertiary/aromatic N) is 2. The molecular weight excluding hydrogens is 332 g/mol. The number of hydrogen-bond acceptors (Lipinski definition) is 6. The van der Waals surface area contributed by atoms with Crippen molar-refractivity contribution >= 4 is 33.5 Å². The predicted octanol–water partition coefficient (Wildman–Crippen LogP) is 1.92. The molecule has 0 aromatic carbocycles. The number of aryl methyl sites for hydroxylation is 2. The topological polar surface area (TPSA) is 98.5 Å². The molecule has 0 radical (unpaired) electrons. The molecule has 2 heterocycles. The van der Waals surface area contributed by atoms with E-state index in [2.05, 4.69) is 4.98 Å². The van der Waals surface area contributed by atoms with Gasteiger partial charge in [0.1, 0.15) is 4.83 Å². The Morgan fingerprint density at radius 2 is 2.29 bits per heavy atom. The molecule has 7 nitrogen and oxygen atoms in total. The van der Waals surface area contributed by atoms with E-state index in [-0.39, 0.29) is 24.5 Å². The van der Waals surface area contributed by atoms with Crippen LogP contribution >= 0.6 is 11.3 Å². The normalized spacial score (nSPS) is 16.8. The highest BCUT2D eigenvalue weighted by molar-refractivity contribution is 7.18. The molecule has 3 rings (SSSR count). The van der Waals surface area contributed by atoms with Crippen LogP contribution in [0.4, 0.5) is 0 Å². The maximum atomic E-state index is 12.8. The number of carboxylic acids is 1. The fourth-order valence-corrected chi connectivity index (χ4v) is 4.35. The van der Waals surface area contributed by atoms with E-state index in [4.69, 9.17) is 9.84 Å². The maximum Gasteiger partial charge on any atom is 0.313 e. The number of aliphatic carboxylic acids is 1. The first-order valence-corrected chi connectivity index (χ1v) is 8.73. The standard InChI is InChI=1S/C16H18N2O5S/c1-2-23-16(22)9-4-3-5-10-12(9)13-14(24-10)17-8-18(15(13)21)7-6-11(19)20/h8-9H,2-7H2,1H3,(H,19,20). The van der Waals surface area contributed by atoms with E-state index in [9.17, 15) is 14.4 Å². The van der Waals surface area contributed by atoms with Gasteiger partial charge < -0.3 is 9.84 Å². The van der Waals surface area contributed by atoms with Gasteiger partial charge in [-0.05, 0) is 31.7 Å². The molecule has 1 atom stereocenters. The van der Waals surface area contributed by atoms with E-state index in [1.807, 2.05) is 0 Å². The fraction of sp³-hybridized carbons (Fsp3) is 0.500. The minimum absolute atomic E-state index is 0.0613. The first kappa shape index (κ1) is 16.6. The zero-order valence-corrected chi connectivity index (χ0v) is 14.1. The lowest BCUT2D eigenvalue weighted by atomic mass is 9.86. The molecule has 2 aromatic heterocycles. The summed E-state index contributed by atoms with van der Waals surface area (Å²) in [5.74, 6) is -1.72. The molecule has 1 N–H and O–H groups in total. The molecule has 8 heteroatoms. The summed E-state index contributed by atoms with van der Waals surface area (Å²) in [5.41, 5.74) is 0.455. The Hall–Kier alpha value is -2.22. The number of ether oxygens (including phenoxy) is 1. The van der Waals surface area contributed by atoms with Crippen LogP contribution in [-0.4, -0.2) is 33.2 Å². The van der Waals surface area contributed by atoms with Crippen molar-refractivity contribution in [1.29, 1.82) is 0 Å². The number of hydrogen-bond donors (Lipinski definition) is 1. The quantitative estimate of drug-likeness (QED) is 0.827. The Kier molecular flexibility index (Phi) is 4.66. The van der Waals surface area contributed by atoms with Crippen molar-refractivity contribution in [3.63, 3.8) is 0 Å². The van der Waals surface area contributed by atoms with Crippen molar-refractivity contribution in [1.82, 2.24) is 9.55 Å². The summed E-state index contributed by atoms with van der Waals surface area (Å²) in [6, 6.07) is 0. The Labute approximate surface area is 141 Å². The molecule has 0 aliphatic heterocycles. The van der Waals surface area contributed by atoms with Gasteiger partial charge in [-0.1, -0.05) is 0 Å². The molecular formula is C16H18N2O5S. The van der Waals surface area contributed by atoms with Crippen molar-refractivity contribution in [2.45, 2.75) is 45.1 Å². The van der Waals surface area contributed by atoms with E-state index in [1.165, 1.54) is 22.2 Å². The lowest BCUT2D eigenvalue weighted by molar-refractivity contribution is -0.145. The van der Waals surface area contributed by atoms with Gasteiger partial charge in [0, 0.05) is 11.4 Å². The van der Waals surface area contributed by atoms with Crippen molar-refractivity contribution in [2.24, 2.45) is 0 Å². The SMILES string of the molecule is CCOC(=O)C1CCCc2sc3ncn(CCC(=O)O)c(=O)c3c21. The van der Waals surface area contributed by atoms with Gasteiger partial charge >= 0.3 is 11.9 Å². The van der Waals surface area contributed by atoms with E-state index in [1.54, 1.807) is 6.92 Å². The highest BCUT2D eigenvalue weighted by atomic mass is 32.1. The Balaban J connectivity index is 2.11. The lowest BCUT2D eigenvalue weighted by Gasteiger charge is -2.21. The molecule has 2 aromatic rings. The van der Waals surface area contributed by atoms with Crippen LogP contribution < -0.4 is 5.56 Å². The Morgan fingerprint density at radius 1 is 1.50 bits per heavy atom. The molecule has 0 spiro atoms. The molecule has 0 saturated carbocycles. The van der Waals surface area contributed by atoms with Gasteiger partial charge in [0.15, 0.2) is 0 Å². The average molecular weight is 350 g/mol. The van der Waals surface area contributed by atoms with Gasteiger partial charge in [0.05, 0.1) is 30.7 Å². The number of rotatable bonds is 5. The second-order valence-electron chi connectivity index (χ2n) is 5.70. The number of carbonyl (C=O) groups is 2. The van der Waals surface area contributed by atoms with Crippen LogP contribution in [0.5, 0.6) is 0 Å². The number of aromatic nitrogens is 2. The number of esters is 1. The zero-order valence-electron chi connectivity index (χ0n) is 13.3. The highest BCUT2D eigenvalue weighted by Gasteiger charge is 2.33. The van der Waals surface area contributed by atoms with Crippen LogP contribution in [0.3, 0.4) is 0 Å². The van der Waals surface area contributed by atoms with Crippen LogP contribution in [0, 0.1) is 0 Å². The molecule has 0 amide bonds. The molecule has 0 bridgehead atoms. The maximum absolute atomic E-state index is 12.8. The van der Waals surface area contributed by atoms with Gasteiger partial charge in [-0.3, -0.25) is 19.0 Å². The Morgan fingerprint density at radius 3 is 3.00 bits per heavy atom. The van der Waals surface area contributed by atoms with Gasteiger partial charge in [-0.25, -0.2) is 4.98 Å². The molecule has 1 aliphatic rings. The highest BCUT2D eigenvalue weighted by Crippen LogP contribution is 2.40. The summed E-state index contributed by atoms with van der Waals surface area (Å²) in [4.78, 5) is 41.7. The Bertz CT molecular complexity index is 854. The van der Waals surface area contributed by atoms with Gasteiger partial charge in [0.25, 0.3) is 5.56 Å². The van der Waals surface area contributed by atoms with Crippen LogP contribution in [0.25, 0.3) is 10.2 Å². The average Bonchev–Trinajstić information content (AvgIpc) is 2.93. The molecule has 1 unspecified atom stereocenters. The minimum atomic E-state index is -0.973. The summed E-state index contributed by atoms with van der Waals surface area (Å²) in [6.45, 7) is 2.12. The van der Waals surface area contributed by atoms with Crippen LogP contribution in [0.2, 0.25) is 0 Å². The van der Waals surface area contributed by atoms with Crippen LogP contribution in [-0.2, 0) is 27.3 Å². The van der Waals surface area contributed by atoms with E-state index in [0.29, 0.717) is 23.2 Å². The van der Waals surface area contributed by atoms with Crippen molar-refractivity contribution in [3.8, 4) is 0 Å². The number of carboxylic acid groups (broad SMARTS) is 1. The van der Waals surface area contributed by atoms with Gasteiger partial charge in [-0.15, -0.1) is 11.3 Å². The molecule has 24 heavy (non-hydrogen) atoms. The number of fused-ring (bicyclic) bond motifs is 3. The van der Waals surface area contributed by atoms with Gasteiger partial charge in [0.2, 0.25) is 0 Å². The second-order valence-corrected chi connectivity index (χ2v) is 6.79. The van der Waals surface area contributed by atoms with Crippen molar-refractivity contribution in [2.75, 3.05) is 6.61 Å². The van der Waals surface area contributed by atoms with Crippen molar-refractivity contribution in [3.05, 3.63) is 27.1 Å². The number of thiophene rings is 1. The monoisotopic (exact) mass is 350 g/mol. The summed E-state index contributed by atoms with van der Waals surface area (Å²) >= 11 is 1.44. The third kappa shape index (κ3) is 2.93. The predicted molar refractivity (Wildman–Crippen MR) is 88.4 cm³/mol. The van der Waals surface area contributed by atoms with E-state index in [0.717, 1.165) is 23.3 Å². The molecule has 128 valence electrons. The second kappa shape index (κ2) is 6.72. The van der Waals surface area contributed by atoms with Crippen LogP contribution in [0.15, 0.2) is 11.1 Å². The first-order valence-electron chi connectivity index (χ1n) is 7.92. The molecule has 1 aliphatic carbocycles. The summed E-state index contributed by atoms with van der Waals surface area (Å²) in [7, 11) is 0. The smallest absolute Gasteiger partial charge is 0.313 e. The van der Waals surface area contributed by atoms with Crippen LogP contribution in [0.1, 0.15) is 42.5 Å². The van der Waals surface area contributed by atoms with Gasteiger partial charge in [-0.2, -0.15) is 0 Å². The lowest BCUT2D eigenvalue weighted by Crippen LogP contribution is -2.25. The molecule has 0 fully saturated rings.